The third kappa shape index (κ3) is 8.43. The summed E-state index contributed by atoms with van der Waals surface area (Å²) in [5.41, 5.74) is 1.41. The lowest BCUT2D eigenvalue weighted by Crippen LogP contribution is -2.47. The molecule has 3 aliphatic rings. The van der Waals surface area contributed by atoms with E-state index in [1.165, 1.54) is 4.31 Å². The summed E-state index contributed by atoms with van der Waals surface area (Å²) in [4.78, 5) is 27.7. The average Bonchev–Trinajstić information content (AvgIpc) is 3.53. The minimum Gasteiger partial charge on any atom is -0.457 e. The van der Waals surface area contributed by atoms with Crippen molar-refractivity contribution in [2.75, 3.05) is 39.3 Å². The van der Waals surface area contributed by atoms with Crippen molar-refractivity contribution in [1.82, 2.24) is 14.5 Å². The Morgan fingerprint density at radius 1 is 1.10 bits per heavy atom. The molecule has 0 unspecified atom stereocenters. The van der Waals surface area contributed by atoms with Crippen molar-refractivity contribution >= 4 is 28.2 Å². The summed E-state index contributed by atoms with van der Waals surface area (Å²) >= 11 is 0. The van der Waals surface area contributed by atoms with Gasteiger partial charge in [0, 0.05) is 45.2 Å². The molecule has 0 bridgehead atoms. The number of nitrogens with zero attached hydrogens (tertiary/aromatic N) is 2. The number of piperazine rings is 1. The van der Waals surface area contributed by atoms with E-state index in [1.54, 1.807) is 23.1 Å². The molecule has 1 amide bonds. The molecule has 3 aliphatic heterocycles. The molecule has 232 valence electrons. The Balaban J connectivity index is 1.57. The zero-order valence-electron chi connectivity index (χ0n) is 24.9. The summed E-state index contributed by atoms with van der Waals surface area (Å²) in [5, 5.41) is 13.8. The third-order valence-corrected chi connectivity index (χ3v) is 10.2. The number of esters is 1. The van der Waals surface area contributed by atoms with Crippen LogP contribution >= 0.6 is 0 Å². The fourth-order valence-corrected chi connectivity index (χ4v) is 7.25. The number of aliphatic hydroxyl groups excluding tert-OH is 1. The summed E-state index contributed by atoms with van der Waals surface area (Å²) in [7, 11) is -3.57. The number of sulfonamides is 1. The van der Waals surface area contributed by atoms with Gasteiger partial charge in [-0.1, -0.05) is 38.1 Å². The van der Waals surface area contributed by atoms with Crippen LogP contribution in [0.25, 0.3) is 6.08 Å². The van der Waals surface area contributed by atoms with Gasteiger partial charge in [0.15, 0.2) is 0 Å². The molecule has 0 saturated carbocycles. The smallest absolute Gasteiger partial charge is 0.410 e. The quantitative estimate of drug-likeness (QED) is 0.387. The molecule has 2 saturated heterocycles. The van der Waals surface area contributed by atoms with Gasteiger partial charge in [0.1, 0.15) is 12.2 Å². The average molecular weight is 604 g/mol. The number of carbonyl (C=O) groups excluding carboxylic acids is 2. The molecule has 0 aromatic heterocycles. The van der Waals surface area contributed by atoms with E-state index in [2.05, 4.69) is 5.32 Å². The van der Waals surface area contributed by atoms with Crippen molar-refractivity contribution in [3.63, 3.8) is 0 Å². The van der Waals surface area contributed by atoms with Gasteiger partial charge in [-0.3, -0.25) is 4.79 Å². The number of carbonyl (C=O) groups is 2. The van der Waals surface area contributed by atoms with Crippen molar-refractivity contribution < 1.29 is 32.6 Å². The van der Waals surface area contributed by atoms with Crippen LogP contribution in [0.3, 0.4) is 0 Å². The van der Waals surface area contributed by atoms with Crippen molar-refractivity contribution in [1.29, 1.82) is 0 Å². The van der Waals surface area contributed by atoms with Gasteiger partial charge in [-0.05, 0) is 67.9 Å². The molecule has 42 heavy (non-hydrogen) atoms. The molecule has 10 nitrogen and oxygen atoms in total. The van der Waals surface area contributed by atoms with Crippen molar-refractivity contribution in [2.45, 2.75) is 76.1 Å². The first-order chi connectivity index (χ1) is 20.0. The second-order valence-electron chi connectivity index (χ2n) is 11.7. The van der Waals surface area contributed by atoms with Crippen molar-refractivity contribution in [2.24, 2.45) is 11.8 Å². The van der Waals surface area contributed by atoms with Crippen LogP contribution < -0.4 is 5.32 Å². The maximum Gasteiger partial charge on any atom is 0.410 e. The topological polar surface area (TPSA) is 125 Å². The summed E-state index contributed by atoms with van der Waals surface area (Å²) in [6.45, 7) is 9.41. The van der Waals surface area contributed by atoms with E-state index in [9.17, 15) is 23.1 Å². The second kappa shape index (κ2) is 14.6. The van der Waals surface area contributed by atoms with E-state index in [0.29, 0.717) is 44.6 Å². The normalized spacial score (nSPS) is 29.7. The Kier molecular flexibility index (Phi) is 11.2. The lowest BCUT2D eigenvalue weighted by molar-refractivity contribution is -0.151. The first-order valence-electron chi connectivity index (χ1n) is 15.0. The van der Waals surface area contributed by atoms with Gasteiger partial charge in [0.25, 0.3) is 0 Å². The zero-order valence-corrected chi connectivity index (χ0v) is 25.7. The van der Waals surface area contributed by atoms with E-state index in [-0.39, 0.29) is 29.2 Å². The predicted molar refractivity (Wildman–Crippen MR) is 160 cm³/mol. The molecule has 5 atom stereocenters. The molecule has 3 heterocycles. The molecule has 0 radical (unpaired) electrons. The van der Waals surface area contributed by atoms with E-state index in [1.807, 2.05) is 45.1 Å². The minimum atomic E-state index is -3.57. The van der Waals surface area contributed by atoms with Crippen LogP contribution in [0.15, 0.2) is 46.9 Å². The standard InChI is InChI=1S/C31H45N3O7S/c1-22-9-11-26(35)21-29(36)41-30(23(2)10-12-28(22)40-31(37)33-17-13-32-14-18-33)24(3)19-25-7-6-8-27(20-25)42(38,39)34-15-4-5-16-34/h6-8,10,12,19-20,22-23,26,28,30,32,35H,4-5,9,11,13-18,21H2,1-3H3/b12-10+,24-19+/t22-,23-,26+,28-,30-/m0/s1. The zero-order chi connectivity index (χ0) is 30.3. The van der Waals surface area contributed by atoms with Crippen LogP contribution in [0.5, 0.6) is 0 Å². The Morgan fingerprint density at radius 3 is 2.52 bits per heavy atom. The van der Waals surface area contributed by atoms with Gasteiger partial charge in [0.2, 0.25) is 10.0 Å². The van der Waals surface area contributed by atoms with E-state index in [0.717, 1.165) is 31.5 Å². The molecule has 1 aromatic carbocycles. The molecular weight excluding hydrogens is 558 g/mol. The number of cyclic esters (lactones) is 1. The van der Waals surface area contributed by atoms with Gasteiger partial charge in [-0.15, -0.1) is 0 Å². The van der Waals surface area contributed by atoms with Crippen LogP contribution in [0.1, 0.15) is 58.4 Å². The van der Waals surface area contributed by atoms with Crippen molar-refractivity contribution in [3.05, 3.63) is 47.6 Å². The summed E-state index contributed by atoms with van der Waals surface area (Å²) in [5.74, 6) is -0.854. The predicted octanol–water partition coefficient (Wildman–Crippen LogP) is 3.57. The molecule has 1 aromatic rings. The number of rotatable bonds is 5. The highest BCUT2D eigenvalue weighted by Gasteiger charge is 2.30. The Labute approximate surface area is 249 Å². The van der Waals surface area contributed by atoms with Crippen LogP contribution in [0.2, 0.25) is 0 Å². The Morgan fingerprint density at radius 2 is 1.81 bits per heavy atom. The number of hydrogen-bond donors (Lipinski definition) is 2. The van der Waals surface area contributed by atoms with Gasteiger partial charge >= 0.3 is 12.1 Å². The molecule has 2 N–H and O–H groups in total. The van der Waals surface area contributed by atoms with Crippen LogP contribution in [0.4, 0.5) is 4.79 Å². The number of benzene rings is 1. The van der Waals surface area contributed by atoms with E-state index >= 15 is 0 Å². The first-order valence-corrected chi connectivity index (χ1v) is 16.5. The number of ether oxygens (including phenoxy) is 2. The largest absolute Gasteiger partial charge is 0.457 e. The lowest BCUT2D eigenvalue weighted by Gasteiger charge is -2.31. The molecule has 11 heteroatoms. The maximum absolute atomic E-state index is 13.1. The first kappa shape index (κ1) is 32.2. The van der Waals surface area contributed by atoms with E-state index in [4.69, 9.17) is 9.47 Å². The molecule has 0 aliphatic carbocycles. The third-order valence-electron chi connectivity index (χ3n) is 8.27. The van der Waals surface area contributed by atoms with Crippen LogP contribution in [0, 0.1) is 11.8 Å². The van der Waals surface area contributed by atoms with Gasteiger partial charge in [0.05, 0.1) is 17.4 Å². The Bertz CT molecular complexity index is 1250. The summed E-state index contributed by atoms with van der Waals surface area (Å²) < 4.78 is 39.6. The molecular formula is C31H45N3O7S. The second-order valence-corrected chi connectivity index (χ2v) is 13.7. The van der Waals surface area contributed by atoms with E-state index < -0.39 is 34.3 Å². The lowest BCUT2D eigenvalue weighted by atomic mass is 9.91. The van der Waals surface area contributed by atoms with Crippen molar-refractivity contribution in [3.8, 4) is 0 Å². The van der Waals surface area contributed by atoms with Gasteiger partial charge in [-0.25, -0.2) is 13.2 Å². The summed E-state index contributed by atoms with van der Waals surface area (Å²) in [6.07, 6.45) is 5.73. The number of amides is 1. The van der Waals surface area contributed by atoms with Crippen LogP contribution in [-0.4, -0.2) is 92.4 Å². The number of aliphatic hydroxyl groups is 1. The fraction of sp³-hybridized carbons (Fsp3) is 0.613. The Hall–Kier alpha value is -2.73. The summed E-state index contributed by atoms with van der Waals surface area (Å²) in [6, 6.07) is 6.78. The van der Waals surface area contributed by atoms with Crippen LogP contribution in [-0.2, 0) is 24.3 Å². The highest BCUT2D eigenvalue weighted by Crippen LogP contribution is 2.27. The van der Waals surface area contributed by atoms with Gasteiger partial charge in [-0.2, -0.15) is 4.31 Å². The minimum absolute atomic E-state index is 0.0687. The highest BCUT2D eigenvalue weighted by molar-refractivity contribution is 7.89. The van der Waals surface area contributed by atoms with Gasteiger partial charge < -0.3 is 24.8 Å². The fourth-order valence-electron chi connectivity index (χ4n) is 5.68. The monoisotopic (exact) mass is 603 g/mol. The molecule has 4 rings (SSSR count). The molecule has 2 fully saturated rings. The SMILES string of the molecule is C/C(=C\c1cccc(S(=O)(=O)N2CCCC2)c1)[C@H]1OC(=O)C[C@H](O)CC[C@H](C)[C@@H](OC(=O)N2CCNCC2)/C=C/[C@@H]1C. The molecule has 0 spiro atoms. The maximum atomic E-state index is 13.1. The highest BCUT2D eigenvalue weighted by atomic mass is 32.2. The number of nitrogens with one attached hydrogen (secondary N) is 1. The number of hydrogen-bond acceptors (Lipinski definition) is 8.